The van der Waals surface area contributed by atoms with Crippen LogP contribution in [0.1, 0.15) is 13.3 Å². The van der Waals surface area contributed by atoms with Crippen LogP contribution in [-0.4, -0.2) is 43.9 Å². The third-order valence-corrected chi connectivity index (χ3v) is 3.93. The third-order valence-electron chi connectivity index (χ3n) is 3.04. The first-order valence-electron chi connectivity index (χ1n) is 6.47. The van der Waals surface area contributed by atoms with E-state index in [-0.39, 0.29) is 0 Å². The predicted molar refractivity (Wildman–Crippen MR) is 81.1 cm³/mol. The Bertz CT molecular complexity index is 373. The maximum absolute atomic E-state index is 5.79. The minimum absolute atomic E-state index is 0.370. The molecular formula is C14H20INO2. The molecule has 1 aromatic carbocycles. The van der Waals surface area contributed by atoms with E-state index in [4.69, 9.17) is 9.47 Å². The van der Waals surface area contributed by atoms with Gasteiger partial charge in [0.25, 0.3) is 0 Å². The second-order valence-corrected chi connectivity index (χ2v) is 5.78. The van der Waals surface area contributed by atoms with Crippen LogP contribution >= 0.6 is 22.6 Å². The molecule has 1 unspecified atom stereocenters. The highest BCUT2D eigenvalue weighted by Crippen LogP contribution is 2.19. The zero-order valence-electron chi connectivity index (χ0n) is 10.8. The smallest absolute Gasteiger partial charge is 0.132 e. The van der Waals surface area contributed by atoms with E-state index in [9.17, 15) is 0 Å². The monoisotopic (exact) mass is 361 g/mol. The van der Waals surface area contributed by atoms with Crippen molar-refractivity contribution in [3.63, 3.8) is 0 Å². The molecule has 0 amide bonds. The Labute approximate surface area is 123 Å². The molecule has 2 rings (SSSR count). The number of ether oxygens (including phenoxy) is 2. The molecule has 1 aliphatic heterocycles. The van der Waals surface area contributed by atoms with Gasteiger partial charge in [0.15, 0.2) is 0 Å². The lowest BCUT2D eigenvalue weighted by Crippen LogP contribution is -2.41. The number of para-hydroxylation sites is 1. The Morgan fingerprint density at radius 3 is 3.06 bits per heavy atom. The fraction of sp³-hybridized carbons (Fsp3) is 0.571. The van der Waals surface area contributed by atoms with Gasteiger partial charge in [-0.05, 0) is 48.1 Å². The molecule has 1 aliphatic rings. The topological polar surface area (TPSA) is 21.7 Å². The van der Waals surface area contributed by atoms with Crippen molar-refractivity contribution in [2.45, 2.75) is 19.4 Å². The van der Waals surface area contributed by atoms with Crippen molar-refractivity contribution in [2.75, 3.05) is 32.8 Å². The summed E-state index contributed by atoms with van der Waals surface area (Å²) in [5.41, 5.74) is 0. The molecule has 1 saturated heterocycles. The lowest BCUT2D eigenvalue weighted by Gasteiger charge is -2.30. The van der Waals surface area contributed by atoms with Gasteiger partial charge >= 0.3 is 0 Å². The largest absolute Gasteiger partial charge is 0.492 e. The first-order chi connectivity index (χ1) is 8.75. The highest BCUT2D eigenvalue weighted by Gasteiger charge is 2.15. The molecule has 3 nitrogen and oxygen atoms in total. The van der Waals surface area contributed by atoms with Crippen LogP contribution < -0.4 is 4.74 Å². The molecule has 1 heterocycles. The Morgan fingerprint density at radius 1 is 1.44 bits per heavy atom. The maximum atomic E-state index is 5.79. The summed E-state index contributed by atoms with van der Waals surface area (Å²) in [5, 5.41) is 0. The molecule has 0 spiro atoms. The van der Waals surface area contributed by atoms with Gasteiger partial charge in [0.2, 0.25) is 0 Å². The number of hydrogen-bond donors (Lipinski definition) is 0. The summed E-state index contributed by atoms with van der Waals surface area (Å²) in [5.74, 6) is 0.994. The summed E-state index contributed by atoms with van der Waals surface area (Å²) >= 11 is 2.31. The molecule has 1 aromatic rings. The molecule has 0 N–H and O–H groups in total. The van der Waals surface area contributed by atoms with Crippen molar-refractivity contribution in [3.8, 4) is 5.75 Å². The fourth-order valence-electron chi connectivity index (χ4n) is 2.13. The van der Waals surface area contributed by atoms with E-state index < -0.39 is 0 Å². The summed E-state index contributed by atoms with van der Waals surface area (Å²) in [7, 11) is 0. The van der Waals surface area contributed by atoms with Crippen LogP contribution in [0.3, 0.4) is 0 Å². The van der Waals surface area contributed by atoms with Crippen LogP contribution in [0.2, 0.25) is 0 Å². The van der Waals surface area contributed by atoms with Crippen molar-refractivity contribution < 1.29 is 9.47 Å². The van der Waals surface area contributed by atoms with Gasteiger partial charge in [-0.1, -0.05) is 12.1 Å². The summed E-state index contributed by atoms with van der Waals surface area (Å²) in [6.45, 7) is 6.96. The Kier molecular flexibility index (Phi) is 5.72. The van der Waals surface area contributed by atoms with E-state index in [2.05, 4.69) is 40.5 Å². The van der Waals surface area contributed by atoms with E-state index >= 15 is 0 Å². The summed E-state index contributed by atoms with van der Waals surface area (Å²) in [6, 6.07) is 8.14. The van der Waals surface area contributed by atoms with E-state index in [0.29, 0.717) is 6.10 Å². The lowest BCUT2D eigenvalue weighted by molar-refractivity contribution is -0.0193. The minimum Gasteiger partial charge on any atom is -0.492 e. The van der Waals surface area contributed by atoms with Gasteiger partial charge < -0.3 is 9.47 Å². The van der Waals surface area contributed by atoms with E-state index in [1.807, 2.05) is 18.2 Å². The van der Waals surface area contributed by atoms with Crippen LogP contribution in [0, 0.1) is 3.57 Å². The maximum Gasteiger partial charge on any atom is 0.132 e. The standard InChI is InChI=1S/C14H20INO2/c1-12-11-16(8-10-17-12)7-4-9-18-14-6-3-2-5-13(14)15/h2-3,5-6,12H,4,7-11H2,1H3. The van der Waals surface area contributed by atoms with Gasteiger partial charge in [0.05, 0.1) is 22.9 Å². The molecule has 0 aromatic heterocycles. The molecule has 0 aliphatic carbocycles. The molecular weight excluding hydrogens is 341 g/mol. The van der Waals surface area contributed by atoms with Crippen molar-refractivity contribution in [1.29, 1.82) is 0 Å². The van der Waals surface area contributed by atoms with Gasteiger partial charge in [0, 0.05) is 19.6 Å². The number of nitrogens with zero attached hydrogens (tertiary/aromatic N) is 1. The number of rotatable bonds is 5. The minimum atomic E-state index is 0.370. The quantitative estimate of drug-likeness (QED) is 0.595. The average molecular weight is 361 g/mol. The van der Waals surface area contributed by atoms with Crippen LogP contribution in [0.5, 0.6) is 5.75 Å². The van der Waals surface area contributed by atoms with E-state index in [0.717, 1.165) is 45.0 Å². The molecule has 1 fully saturated rings. The molecule has 100 valence electrons. The molecule has 0 saturated carbocycles. The van der Waals surface area contributed by atoms with Crippen molar-refractivity contribution in [2.24, 2.45) is 0 Å². The number of halogens is 1. The summed E-state index contributed by atoms with van der Waals surface area (Å²) in [6.07, 6.45) is 1.44. The van der Waals surface area contributed by atoms with Gasteiger partial charge in [-0.15, -0.1) is 0 Å². The molecule has 0 radical (unpaired) electrons. The SMILES string of the molecule is CC1CN(CCCOc2ccccc2I)CCO1. The first-order valence-corrected chi connectivity index (χ1v) is 7.55. The Morgan fingerprint density at radius 2 is 2.28 bits per heavy atom. The van der Waals surface area contributed by atoms with Gasteiger partial charge in [-0.25, -0.2) is 0 Å². The zero-order chi connectivity index (χ0) is 12.8. The van der Waals surface area contributed by atoms with E-state index in [1.165, 1.54) is 3.57 Å². The van der Waals surface area contributed by atoms with Crippen LogP contribution in [0.4, 0.5) is 0 Å². The van der Waals surface area contributed by atoms with E-state index in [1.54, 1.807) is 0 Å². The predicted octanol–water partition coefficient (Wildman–Crippen LogP) is 2.78. The fourth-order valence-corrected chi connectivity index (χ4v) is 2.67. The second-order valence-electron chi connectivity index (χ2n) is 4.61. The Hall–Kier alpha value is -0.330. The normalized spacial score (nSPS) is 20.9. The number of hydrogen-bond acceptors (Lipinski definition) is 3. The molecule has 4 heteroatoms. The van der Waals surface area contributed by atoms with Crippen LogP contribution in [0.15, 0.2) is 24.3 Å². The first kappa shape index (κ1) is 14.1. The number of morpholine rings is 1. The highest BCUT2D eigenvalue weighted by atomic mass is 127. The zero-order valence-corrected chi connectivity index (χ0v) is 12.9. The van der Waals surface area contributed by atoms with Gasteiger partial charge in [-0.3, -0.25) is 4.90 Å². The van der Waals surface area contributed by atoms with Crippen LogP contribution in [-0.2, 0) is 4.74 Å². The van der Waals surface area contributed by atoms with Gasteiger partial charge in [0.1, 0.15) is 5.75 Å². The van der Waals surface area contributed by atoms with Crippen molar-refractivity contribution in [3.05, 3.63) is 27.8 Å². The van der Waals surface area contributed by atoms with Crippen LogP contribution in [0.25, 0.3) is 0 Å². The molecule has 0 bridgehead atoms. The Balaban J connectivity index is 1.65. The average Bonchev–Trinajstić information content (AvgIpc) is 2.37. The van der Waals surface area contributed by atoms with Gasteiger partial charge in [-0.2, -0.15) is 0 Å². The highest BCUT2D eigenvalue weighted by molar-refractivity contribution is 14.1. The number of benzene rings is 1. The molecule has 1 atom stereocenters. The van der Waals surface area contributed by atoms with Crippen molar-refractivity contribution >= 4 is 22.6 Å². The molecule has 18 heavy (non-hydrogen) atoms. The summed E-state index contributed by atoms with van der Waals surface area (Å²) in [4.78, 5) is 2.45. The third kappa shape index (κ3) is 4.40. The second kappa shape index (κ2) is 7.31. The van der Waals surface area contributed by atoms with Crippen molar-refractivity contribution in [1.82, 2.24) is 4.90 Å². The lowest BCUT2D eigenvalue weighted by atomic mass is 10.3. The summed E-state index contributed by atoms with van der Waals surface area (Å²) < 4.78 is 12.5.